The van der Waals surface area contributed by atoms with Gasteiger partial charge in [0.05, 0.1) is 6.04 Å². The second-order valence-electron chi connectivity index (χ2n) is 7.24. The highest BCUT2D eigenvalue weighted by atomic mass is 79.9. The summed E-state index contributed by atoms with van der Waals surface area (Å²) in [5.41, 5.74) is 4.11. The predicted octanol–water partition coefficient (Wildman–Crippen LogP) is 6.31. The Kier molecular flexibility index (Phi) is 6.85. The van der Waals surface area contributed by atoms with Crippen molar-refractivity contribution in [2.24, 2.45) is 0 Å². The van der Waals surface area contributed by atoms with E-state index in [9.17, 15) is 4.79 Å². The van der Waals surface area contributed by atoms with E-state index in [4.69, 9.17) is 4.74 Å². The van der Waals surface area contributed by atoms with Gasteiger partial charge in [-0.1, -0.05) is 88.7 Å². The van der Waals surface area contributed by atoms with E-state index in [-0.39, 0.29) is 12.6 Å². The van der Waals surface area contributed by atoms with Gasteiger partial charge in [-0.05, 0) is 41.0 Å². The van der Waals surface area contributed by atoms with Gasteiger partial charge in [0.1, 0.15) is 6.61 Å². The Morgan fingerprint density at radius 3 is 2.16 bits per heavy atom. The van der Waals surface area contributed by atoms with Gasteiger partial charge < -0.3 is 14.6 Å². The largest absolute Gasteiger partial charge is 0.445 e. The zero-order valence-electron chi connectivity index (χ0n) is 16.9. The van der Waals surface area contributed by atoms with Gasteiger partial charge in [-0.15, -0.1) is 0 Å². The summed E-state index contributed by atoms with van der Waals surface area (Å²) >= 11 is 3.49. The number of aromatic nitrogens is 1. The van der Waals surface area contributed by atoms with Crippen molar-refractivity contribution < 1.29 is 9.53 Å². The Balaban J connectivity index is 1.56. The molecule has 0 bridgehead atoms. The molecule has 0 aliphatic rings. The summed E-state index contributed by atoms with van der Waals surface area (Å²) in [6.45, 7) is 0.946. The van der Waals surface area contributed by atoms with E-state index >= 15 is 0 Å². The average Bonchev–Trinajstić information content (AvgIpc) is 3.26. The summed E-state index contributed by atoms with van der Waals surface area (Å²) in [5, 5.41) is 3.05. The van der Waals surface area contributed by atoms with Crippen LogP contribution in [0.3, 0.4) is 0 Å². The highest BCUT2D eigenvalue weighted by molar-refractivity contribution is 9.10. The first-order chi connectivity index (χ1) is 15.2. The fourth-order valence-electron chi connectivity index (χ4n) is 3.48. The molecule has 0 fully saturated rings. The topological polar surface area (TPSA) is 43.3 Å². The van der Waals surface area contributed by atoms with Crippen molar-refractivity contribution in [3.05, 3.63) is 130 Å². The third kappa shape index (κ3) is 5.64. The molecule has 0 radical (unpaired) electrons. The summed E-state index contributed by atoms with van der Waals surface area (Å²) in [6, 6.07) is 31.6. The molecule has 31 heavy (non-hydrogen) atoms. The van der Waals surface area contributed by atoms with Gasteiger partial charge in [0.15, 0.2) is 0 Å². The standard InChI is InChI=1S/C26H23BrN2O2/c27-23-15-13-22(14-16-23)25(28-26(30)31-19-21-10-5-2-6-11-21)24-12-7-17-29(24)18-20-8-3-1-4-9-20/h1-17,25H,18-19H2,(H,28,30)/t25-/m0/s1. The van der Waals surface area contributed by atoms with Crippen molar-refractivity contribution in [2.45, 2.75) is 19.2 Å². The maximum Gasteiger partial charge on any atom is 0.408 e. The van der Waals surface area contributed by atoms with Gasteiger partial charge in [0.2, 0.25) is 0 Å². The van der Waals surface area contributed by atoms with Crippen LogP contribution in [0, 0.1) is 0 Å². The minimum Gasteiger partial charge on any atom is -0.445 e. The Hall–Kier alpha value is -3.31. The van der Waals surface area contributed by atoms with E-state index in [1.165, 1.54) is 5.56 Å². The molecular formula is C26H23BrN2O2. The van der Waals surface area contributed by atoms with Crippen LogP contribution >= 0.6 is 15.9 Å². The van der Waals surface area contributed by atoms with E-state index in [1.54, 1.807) is 0 Å². The third-order valence-electron chi connectivity index (χ3n) is 5.03. The van der Waals surface area contributed by atoms with Gasteiger partial charge in [-0.3, -0.25) is 0 Å². The minimum atomic E-state index is -0.454. The summed E-state index contributed by atoms with van der Waals surface area (Å²) < 4.78 is 8.63. The van der Waals surface area contributed by atoms with Crippen LogP contribution in [-0.4, -0.2) is 10.7 Å². The molecule has 4 rings (SSSR count). The molecule has 0 aliphatic carbocycles. The van der Waals surface area contributed by atoms with Crippen LogP contribution in [0.2, 0.25) is 0 Å². The molecule has 156 valence electrons. The smallest absolute Gasteiger partial charge is 0.408 e. The highest BCUT2D eigenvalue weighted by Crippen LogP contribution is 2.25. The van der Waals surface area contributed by atoms with E-state index in [2.05, 4.69) is 37.9 Å². The number of nitrogens with zero attached hydrogens (tertiary/aromatic N) is 1. The highest BCUT2D eigenvalue weighted by Gasteiger charge is 2.21. The van der Waals surface area contributed by atoms with Gasteiger partial charge >= 0.3 is 6.09 Å². The lowest BCUT2D eigenvalue weighted by molar-refractivity contribution is 0.137. The Labute approximate surface area is 190 Å². The Morgan fingerprint density at radius 1 is 0.839 bits per heavy atom. The summed E-state index contributed by atoms with van der Waals surface area (Å²) in [4.78, 5) is 12.7. The third-order valence-corrected chi connectivity index (χ3v) is 5.56. The molecule has 1 heterocycles. The van der Waals surface area contributed by atoms with E-state index in [0.717, 1.165) is 27.8 Å². The fraction of sp³-hybridized carbons (Fsp3) is 0.115. The van der Waals surface area contributed by atoms with Crippen LogP contribution in [0.4, 0.5) is 4.79 Å². The molecule has 4 aromatic rings. The molecular weight excluding hydrogens is 452 g/mol. The van der Waals surface area contributed by atoms with Crippen LogP contribution in [0.5, 0.6) is 0 Å². The van der Waals surface area contributed by atoms with E-state index < -0.39 is 6.09 Å². The molecule has 3 aromatic carbocycles. The number of amides is 1. The maximum absolute atomic E-state index is 12.7. The normalized spacial score (nSPS) is 11.6. The fourth-order valence-corrected chi connectivity index (χ4v) is 3.74. The lowest BCUT2D eigenvalue weighted by atomic mass is 10.0. The van der Waals surface area contributed by atoms with Crippen LogP contribution in [-0.2, 0) is 17.9 Å². The molecule has 4 nitrogen and oxygen atoms in total. The molecule has 1 aromatic heterocycles. The number of nitrogens with one attached hydrogen (secondary N) is 1. The first-order valence-corrected chi connectivity index (χ1v) is 10.9. The number of carbonyl (C=O) groups is 1. The predicted molar refractivity (Wildman–Crippen MR) is 126 cm³/mol. The van der Waals surface area contributed by atoms with Crippen LogP contribution in [0.15, 0.2) is 108 Å². The SMILES string of the molecule is O=C(N[C@@H](c1ccc(Br)cc1)c1cccn1Cc1ccccc1)OCc1ccccc1. The lowest BCUT2D eigenvalue weighted by Crippen LogP contribution is -2.31. The number of carbonyl (C=O) groups excluding carboxylic acids is 1. The van der Waals surface area contributed by atoms with E-state index in [0.29, 0.717) is 0 Å². The van der Waals surface area contributed by atoms with Crippen LogP contribution < -0.4 is 5.32 Å². The number of rotatable bonds is 7. The van der Waals surface area contributed by atoms with Crippen molar-refractivity contribution in [2.75, 3.05) is 0 Å². The molecule has 0 unspecified atom stereocenters. The number of hydrogen-bond donors (Lipinski definition) is 1. The number of halogens is 1. The molecule has 0 spiro atoms. The van der Waals surface area contributed by atoms with E-state index in [1.807, 2.05) is 91.1 Å². The zero-order valence-corrected chi connectivity index (χ0v) is 18.5. The van der Waals surface area contributed by atoms with Crippen molar-refractivity contribution >= 4 is 22.0 Å². The number of hydrogen-bond acceptors (Lipinski definition) is 2. The van der Waals surface area contributed by atoms with Crippen molar-refractivity contribution in [1.29, 1.82) is 0 Å². The van der Waals surface area contributed by atoms with Crippen LogP contribution in [0.1, 0.15) is 28.4 Å². The summed E-state index contributed by atoms with van der Waals surface area (Å²) in [5.74, 6) is 0. The van der Waals surface area contributed by atoms with Crippen molar-refractivity contribution in [1.82, 2.24) is 9.88 Å². The summed E-state index contributed by atoms with van der Waals surface area (Å²) in [7, 11) is 0. The molecule has 1 N–H and O–H groups in total. The molecule has 5 heteroatoms. The van der Waals surface area contributed by atoms with Gasteiger partial charge in [0, 0.05) is 22.9 Å². The molecule has 1 atom stereocenters. The van der Waals surface area contributed by atoms with Crippen molar-refractivity contribution in [3.8, 4) is 0 Å². The number of alkyl carbamates (subject to hydrolysis) is 1. The molecule has 0 aliphatic heterocycles. The lowest BCUT2D eigenvalue weighted by Gasteiger charge is -2.22. The average molecular weight is 475 g/mol. The first-order valence-electron chi connectivity index (χ1n) is 10.1. The van der Waals surface area contributed by atoms with Gasteiger partial charge in [-0.25, -0.2) is 4.79 Å². The Morgan fingerprint density at radius 2 is 1.48 bits per heavy atom. The quantitative estimate of drug-likeness (QED) is 0.340. The minimum absolute atomic E-state index is 0.227. The van der Waals surface area contributed by atoms with Crippen LogP contribution in [0.25, 0.3) is 0 Å². The number of benzene rings is 3. The maximum atomic E-state index is 12.7. The van der Waals surface area contributed by atoms with Gasteiger partial charge in [0.25, 0.3) is 0 Å². The number of ether oxygens (including phenoxy) is 1. The molecule has 0 saturated heterocycles. The zero-order chi connectivity index (χ0) is 21.5. The molecule has 0 saturated carbocycles. The monoisotopic (exact) mass is 474 g/mol. The van der Waals surface area contributed by atoms with Crippen molar-refractivity contribution in [3.63, 3.8) is 0 Å². The second-order valence-corrected chi connectivity index (χ2v) is 8.15. The second kappa shape index (κ2) is 10.1. The first kappa shape index (κ1) is 20.9. The Bertz CT molecular complexity index is 1110. The molecule has 1 amide bonds. The summed E-state index contributed by atoms with van der Waals surface area (Å²) in [6.07, 6.45) is 1.58. The van der Waals surface area contributed by atoms with Gasteiger partial charge in [-0.2, -0.15) is 0 Å².